The van der Waals surface area contributed by atoms with Crippen LogP contribution in [0.25, 0.3) is 11.3 Å². The molecule has 6 heteroatoms. The Hall–Kier alpha value is -2.21. The highest BCUT2D eigenvalue weighted by Crippen LogP contribution is 2.24. The van der Waals surface area contributed by atoms with Crippen molar-refractivity contribution in [1.29, 1.82) is 0 Å². The maximum absolute atomic E-state index is 12.4. The molecule has 0 fully saturated rings. The maximum atomic E-state index is 12.4. The number of hydrogen-bond donors (Lipinski definition) is 1. The van der Waals surface area contributed by atoms with Crippen LogP contribution >= 0.6 is 0 Å². The topological polar surface area (TPSA) is 76.1 Å². The van der Waals surface area contributed by atoms with Crippen molar-refractivity contribution < 1.29 is 13.2 Å². The zero-order valence-corrected chi connectivity index (χ0v) is 15.1. The predicted molar refractivity (Wildman–Crippen MR) is 96.4 cm³/mol. The van der Waals surface area contributed by atoms with Crippen LogP contribution in [0.4, 0.5) is 5.69 Å². The first-order chi connectivity index (χ1) is 11.2. The molecule has 1 aromatic heterocycles. The van der Waals surface area contributed by atoms with E-state index in [9.17, 15) is 13.2 Å². The zero-order valence-electron chi connectivity index (χ0n) is 14.3. The Balaban J connectivity index is 2.18. The molecule has 0 bridgehead atoms. The fraction of sp³-hybridized carbons (Fsp3) is 0.333. The lowest BCUT2D eigenvalue weighted by Gasteiger charge is -2.25. The number of aromatic nitrogens is 1. The minimum atomic E-state index is -3.58. The molecule has 0 unspecified atom stereocenters. The van der Waals surface area contributed by atoms with Gasteiger partial charge in [-0.25, -0.2) is 8.42 Å². The van der Waals surface area contributed by atoms with E-state index in [1.165, 1.54) is 20.0 Å². The van der Waals surface area contributed by atoms with Gasteiger partial charge in [-0.3, -0.25) is 9.78 Å². The van der Waals surface area contributed by atoms with Gasteiger partial charge >= 0.3 is 0 Å². The quantitative estimate of drug-likeness (QED) is 0.901. The van der Waals surface area contributed by atoms with Crippen molar-refractivity contribution in [2.45, 2.75) is 37.7 Å². The Morgan fingerprint density at radius 3 is 2.21 bits per heavy atom. The van der Waals surface area contributed by atoms with Crippen molar-refractivity contribution in [2.24, 2.45) is 0 Å². The molecule has 2 aromatic rings. The van der Waals surface area contributed by atoms with E-state index in [0.29, 0.717) is 5.69 Å². The Bertz CT molecular complexity index is 811. The van der Waals surface area contributed by atoms with Crippen molar-refractivity contribution >= 4 is 21.4 Å². The van der Waals surface area contributed by atoms with Crippen molar-refractivity contribution in [3.63, 3.8) is 0 Å². The molecule has 0 aliphatic carbocycles. The fourth-order valence-corrected chi connectivity index (χ4v) is 3.74. The van der Waals surface area contributed by atoms with Crippen molar-refractivity contribution in [1.82, 2.24) is 4.98 Å². The minimum absolute atomic E-state index is 0.465. The Labute approximate surface area is 143 Å². The van der Waals surface area contributed by atoms with E-state index in [4.69, 9.17) is 0 Å². The smallest absolute Gasteiger partial charge is 0.245 e. The molecule has 24 heavy (non-hydrogen) atoms. The van der Waals surface area contributed by atoms with E-state index in [2.05, 4.69) is 10.3 Å². The Morgan fingerprint density at radius 2 is 1.71 bits per heavy atom. The van der Waals surface area contributed by atoms with Gasteiger partial charge in [-0.05, 0) is 39.8 Å². The summed E-state index contributed by atoms with van der Waals surface area (Å²) in [6.07, 6.45) is 1.53. The first kappa shape index (κ1) is 18.1. The van der Waals surface area contributed by atoms with Gasteiger partial charge in [-0.15, -0.1) is 0 Å². The van der Waals surface area contributed by atoms with Crippen LogP contribution in [0, 0.1) is 0 Å². The molecule has 0 saturated carbocycles. The van der Waals surface area contributed by atoms with Gasteiger partial charge < -0.3 is 5.32 Å². The second kappa shape index (κ2) is 6.73. The van der Waals surface area contributed by atoms with E-state index in [1.54, 1.807) is 26.0 Å². The second-order valence-corrected chi connectivity index (χ2v) is 9.41. The number of benzene rings is 1. The summed E-state index contributed by atoms with van der Waals surface area (Å²) in [5.41, 5.74) is 2.22. The molecular formula is C18H22N2O3S. The molecule has 128 valence electrons. The summed E-state index contributed by atoms with van der Waals surface area (Å²) < 4.78 is 23.2. The van der Waals surface area contributed by atoms with Crippen molar-refractivity contribution in [3.05, 3.63) is 48.7 Å². The molecule has 0 radical (unpaired) electrons. The third-order valence-corrected chi connectivity index (χ3v) is 6.82. The number of anilines is 1. The number of nitrogens with one attached hydrogen (secondary N) is 1. The third kappa shape index (κ3) is 3.48. The van der Waals surface area contributed by atoms with Gasteiger partial charge in [0.1, 0.15) is 4.75 Å². The van der Waals surface area contributed by atoms with Gasteiger partial charge in [0, 0.05) is 5.56 Å². The third-order valence-electron chi connectivity index (χ3n) is 3.97. The number of carbonyl (C=O) groups is 1. The molecule has 5 nitrogen and oxygen atoms in total. The summed E-state index contributed by atoms with van der Waals surface area (Å²) in [5, 5.41) is 2.01. The normalized spacial score (nSPS) is 12.2. The summed E-state index contributed by atoms with van der Waals surface area (Å²) in [5.74, 6) is -0.564. The molecule has 1 heterocycles. The predicted octanol–water partition coefficient (Wildman–Crippen LogP) is 3.29. The first-order valence-electron chi connectivity index (χ1n) is 7.72. The number of carbonyl (C=O) groups excluding carboxylic acids is 1. The van der Waals surface area contributed by atoms with Crippen LogP contribution in [0.5, 0.6) is 0 Å². The van der Waals surface area contributed by atoms with E-state index in [0.717, 1.165) is 11.3 Å². The van der Waals surface area contributed by atoms with E-state index >= 15 is 0 Å². The highest BCUT2D eigenvalue weighted by atomic mass is 32.2. The number of nitrogens with zero attached hydrogens (tertiary/aromatic N) is 1. The minimum Gasteiger partial charge on any atom is -0.323 e. The Morgan fingerprint density at radius 1 is 1.08 bits per heavy atom. The van der Waals surface area contributed by atoms with Crippen molar-refractivity contribution in [3.8, 4) is 11.3 Å². The van der Waals surface area contributed by atoms with Gasteiger partial charge in [-0.2, -0.15) is 0 Å². The molecule has 1 amide bonds. The van der Waals surface area contributed by atoms with Crippen LogP contribution in [0.15, 0.2) is 48.7 Å². The largest absolute Gasteiger partial charge is 0.323 e. The van der Waals surface area contributed by atoms with E-state index in [1.807, 2.05) is 30.3 Å². The number of rotatable bonds is 5. The van der Waals surface area contributed by atoms with Crippen LogP contribution in [0.3, 0.4) is 0 Å². The highest BCUT2D eigenvalue weighted by Gasteiger charge is 2.43. The molecule has 0 spiro atoms. The molecular weight excluding hydrogens is 324 g/mol. The monoisotopic (exact) mass is 346 g/mol. The average Bonchev–Trinajstić information content (AvgIpc) is 2.56. The van der Waals surface area contributed by atoms with Crippen LogP contribution in [0.1, 0.15) is 27.7 Å². The van der Waals surface area contributed by atoms with Gasteiger partial charge in [0.25, 0.3) is 0 Å². The first-order valence-corrected chi connectivity index (χ1v) is 9.27. The lowest BCUT2D eigenvalue weighted by atomic mass is 10.1. The fourth-order valence-electron chi connectivity index (χ4n) is 2.25. The molecule has 1 aromatic carbocycles. The summed E-state index contributed by atoms with van der Waals surface area (Å²) in [6.45, 7) is 5.98. The van der Waals surface area contributed by atoms with Crippen LogP contribution in [-0.4, -0.2) is 29.3 Å². The molecule has 1 N–H and O–H groups in total. The van der Waals surface area contributed by atoms with E-state index in [-0.39, 0.29) is 0 Å². The van der Waals surface area contributed by atoms with Gasteiger partial charge in [0.15, 0.2) is 9.84 Å². The molecule has 2 rings (SSSR count). The number of pyridine rings is 1. The lowest BCUT2D eigenvalue weighted by molar-refractivity contribution is -0.117. The summed E-state index contributed by atoms with van der Waals surface area (Å²) in [7, 11) is -3.58. The number of hydrogen-bond acceptors (Lipinski definition) is 4. The van der Waals surface area contributed by atoms with Crippen LogP contribution in [0.2, 0.25) is 0 Å². The lowest BCUT2D eigenvalue weighted by Crippen LogP contribution is -2.47. The molecule has 0 aliphatic heterocycles. The summed E-state index contributed by atoms with van der Waals surface area (Å²) >= 11 is 0. The standard InChI is InChI=1S/C18H22N2O3S/c1-13(2)24(22,23)18(3,4)17(21)20-15-10-11-16(19-12-15)14-8-6-5-7-9-14/h5-13H,1-4H3,(H,20,21). The summed E-state index contributed by atoms with van der Waals surface area (Å²) in [4.78, 5) is 16.7. The van der Waals surface area contributed by atoms with Crippen LogP contribution in [-0.2, 0) is 14.6 Å². The van der Waals surface area contributed by atoms with Crippen LogP contribution < -0.4 is 5.32 Å². The maximum Gasteiger partial charge on any atom is 0.245 e. The molecule has 0 atom stereocenters. The molecule has 0 aliphatic rings. The SMILES string of the molecule is CC(C)S(=O)(=O)C(C)(C)C(=O)Nc1ccc(-c2ccccc2)nc1. The van der Waals surface area contributed by atoms with Crippen molar-refractivity contribution in [2.75, 3.05) is 5.32 Å². The second-order valence-electron chi connectivity index (χ2n) is 6.36. The van der Waals surface area contributed by atoms with E-state index < -0.39 is 25.7 Å². The highest BCUT2D eigenvalue weighted by molar-refractivity contribution is 7.94. The molecule has 0 saturated heterocycles. The van der Waals surface area contributed by atoms with Gasteiger partial charge in [0.05, 0.1) is 22.8 Å². The number of sulfone groups is 1. The zero-order chi connectivity index (χ0) is 18.0. The number of amides is 1. The summed E-state index contributed by atoms with van der Waals surface area (Å²) in [6, 6.07) is 13.2. The Kier molecular flexibility index (Phi) is 5.08. The average molecular weight is 346 g/mol. The van der Waals surface area contributed by atoms with Gasteiger partial charge in [-0.1, -0.05) is 30.3 Å². The van der Waals surface area contributed by atoms with Gasteiger partial charge in [0.2, 0.25) is 5.91 Å².